The highest BCUT2D eigenvalue weighted by Crippen LogP contribution is 2.37. The van der Waals surface area contributed by atoms with Crippen LogP contribution in [0, 0.1) is 0 Å². The summed E-state index contributed by atoms with van der Waals surface area (Å²) in [5.74, 6) is 0.875. The normalized spacial score (nSPS) is 13.1. The van der Waals surface area contributed by atoms with Crippen LogP contribution in [-0.2, 0) is 40.7 Å². The van der Waals surface area contributed by atoms with Gasteiger partial charge in [0.25, 0.3) is 0 Å². The number of hydrogen-bond donors (Lipinski definition) is 0. The molecular formula is C46H52N16O12S2. The first-order valence-corrected chi connectivity index (χ1v) is 25.9. The average Bonchev–Trinajstić information content (AvgIpc) is 4.06. The zero-order chi connectivity index (χ0) is 54.6. The van der Waals surface area contributed by atoms with Crippen LogP contribution in [0.4, 0.5) is 0 Å². The first kappa shape index (κ1) is 55.3. The fourth-order valence-electron chi connectivity index (χ4n) is 7.59. The van der Waals surface area contributed by atoms with Crippen LogP contribution < -0.4 is 28.4 Å². The van der Waals surface area contributed by atoms with E-state index in [0.717, 1.165) is 0 Å². The number of sulfone groups is 2. The van der Waals surface area contributed by atoms with Crippen molar-refractivity contribution in [3.63, 3.8) is 0 Å². The van der Waals surface area contributed by atoms with E-state index in [2.05, 4.69) is 70.2 Å². The van der Waals surface area contributed by atoms with Gasteiger partial charge in [0.2, 0.25) is 35.3 Å². The van der Waals surface area contributed by atoms with E-state index in [0.29, 0.717) is 45.9 Å². The molecule has 8 aromatic heterocycles. The maximum absolute atomic E-state index is 13.7. The molecule has 0 aliphatic carbocycles. The zero-order valence-corrected chi connectivity index (χ0v) is 44.3. The highest BCUT2D eigenvalue weighted by molar-refractivity contribution is 7.91. The van der Waals surface area contributed by atoms with Gasteiger partial charge in [0.15, 0.2) is 54.3 Å². The number of aromatic nitrogens is 16. The SMILES string of the molecule is COc1cnc([C@@H](OC)[C@H](C)S(=O)(=O)Cc2nnc(-c3cccnc3)n2-c2c(OC)ncnc2OC)cn1.COc1cnc([C@H](OC)[C@@H](C)S(=O)(=O)Cc2nnc(-c3cccnc3)n2-c2c(OC)ncnc2OC)cn1. The Morgan fingerprint density at radius 1 is 0.461 bits per heavy atom. The van der Waals surface area contributed by atoms with E-state index in [4.69, 9.17) is 37.9 Å². The van der Waals surface area contributed by atoms with Crippen molar-refractivity contribution >= 4 is 19.7 Å². The maximum Gasteiger partial charge on any atom is 0.245 e. The average molecular weight is 1090 g/mol. The van der Waals surface area contributed by atoms with Gasteiger partial charge in [-0.2, -0.15) is 19.9 Å². The van der Waals surface area contributed by atoms with Gasteiger partial charge in [-0.25, -0.2) is 26.8 Å². The van der Waals surface area contributed by atoms with E-state index in [9.17, 15) is 16.8 Å². The molecule has 0 amide bonds. The summed E-state index contributed by atoms with van der Waals surface area (Å²) in [7, 11) is 3.62. The lowest BCUT2D eigenvalue weighted by Gasteiger charge is -2.22. The molecule has 0 saturated carbocycles. The van der Waals surface area contributed by atoms with Gasteiger partial charge < -0.3 is 37.9 Å². The topological polar surface area (TPSA) is 332 Å². The van der Waals surface area contributed by atoms with E-state index < -0.39 is 53.9 Å². The van der Waals surface area contributed by atoms with Gasteiger partial charge in [0.1, 0.15) is 36.4 Å². The Hall–Kier alpha value is -8.48. The molecule has 0 saturated heterocycles. The van der Waals surface area contributed by atoms with E-state index in [1.807, 2.05) is 0 Å². The molecule has 8 rings (SSSR count). The third-order valence-electron chi connectivity index (χ3n) is 11.5. The largest absolute Gasteiger partial charge is 0.480 e. The molecule has 0 aromatic carbocycles. The molecular weight excluding hydrogens is 1030 g/mol. The van der Waals surface area contributed by atoms with Crippen molar-refractivity contribution in [2.24, 2.45) is 0 Å². The lowest BCUT2D eigenvalue weighted by molar-refractivity contribution is 0.0981. The van der Waals surface area contributed by atoms with Crippen LogP contribution in [0.15, 0.2) is 86.5 Å². The van der Waals surface area contributed by atoms with Gasteiger partial charge in [-0.05, 0) is 38.1 Å². The fraction of sp³-hybridized carbons (Fsp3) is 0.348. The first-order valence-electron chi connectivity index (χ1n) is 22.4. The predicted molar refractivity (Wildman–Crippen MR) is 267 cm³/mol. The van der Waals surface area contributed by atoms with Crippen molar-refractivity contribution in [2.45, 2.75) is 48.1 Å². The second-order valence-corrected chi connectivity index (χ2v) is 20.5. The van der Waals surface area contributed by atoms with Crippen LogP contribution >= 0.6 is 0 Å². The van der Waals surface area contributed by atoms with Gasteiger partial charge >= 0.3 is 0 Å². The quantitative estimate of drug-likeness (QED) is 0.0940. The predicted octanol–water partition coefficient (Wildman–Crippen LogP) is 3.25. The molecule has 0 bridgehead atoms. The van der Waals surface area contributed by atoms with E-state index >= 15 is 0 Å². The molecule has 400 valence electrons. The number of ether oxygens (including phenoxy) is 8. The standard InChI is InChI=1S/2C23H26N8O6S/c2*1-14(20(35-3)16-10-26-18(34-2)11-25-16)38(32,33)12-17-29-30-21(15-7-6-8-24-9-15)31(17)19-22(36-4)27-13-28-23(19)37-5/h2*6-11,13-14,20H,12H2,1-5H3/t2*14-,20-/m10/s1. The molecule has 0 unspecified atom stereocenters. The van der Waals surface area contributed by atoms with Crippen molar-refractivity contribution in [2.75, 3.05) is 56.9 Å². The van der Waals surface area contributed by atoms with Crippen molar-refractivity contribution in [3.05, 3.63) is 110 Å². The molecule has 8 aromatic rings. The Morgan fingerprint density at radius 3 is 1.11 bits per heavy atom. The molecule has 0 N–H and O–H groups in total. The van der Waals surface area contributed by atoms with Crippen molar-refractivity contribution in [3.8, 4) is 69.4 Å². The van der Waals surface area contributed by atoms with Crippen LogP contribution in [0.1, 0.15) is 49.1 Å². The number of rotatable bonds is 22. The number of methoxy groups -OCH3 is 8. The minimum atomic E-state index is -3.91. The van der Waals surface area contributed by atoms with E-state index in [1.54, 1.807) is 49.1 Å². The fourth-order valence-corrected chi connectivity index (χ4v) is 10.5. The Bertz CT molecular complexity index is 3150. The number of nitrogens with zero attached hydrogens (tertiary/aromatic N) is 16. The van der Waals surface area contributed by atoms with Gasteiger partial charge in [0.05, 0.1) is 89.3 Å². The maximum atomic E-state index is 13.7. The number of pyridine rings is 2. The van der Waals surface area contributed by atoms with Gasteiger partial charge in [-0.3, -0.25) is 29.1 Å². The minimum absolute atomic E-state index is 0.0813. The molecule has 0 radical (unpaired) electrons. The van der Waals surface area contributed by atoms with Crippen LogP contribution in [-0.4, -0.2) is 164 Å². The monoisotopic (exact) mass is 1080 g/mol. The van der Waals surface area contributed by atoms with E-state index in [1.165, 1.54) is 117 Å². The van der Waals surface area contributed by atoms with Crippen molar-refractivity contribution in [1.29, 1.82) is 0 Å². The van der Waals surface area contributed by atoms with Crippen molar-refractivity contribution < 1.29 is 54.7 Å². The first-order chi connectivity index (χ1) is 36.7. The van der Waals surface area contributed by atoms with Crippen LogP contribution in [0.25, 0.3) is 34.2 Å². The minimum Gasteiger partial charge on any atom is -0.480 e. The van der Waals surface area contributed by atoms with Gasteiger partial charge in [-0.1, -0.05) is 0 Å². The summed E-state index contributed by atoms with van der Waals surface area (Å²) in [4.78, 5) is 41.7. The van der Waals surface area contributed by atoms with E-state index in [-0.39, 0.29) is 46.5 Å². The molecule has 0 spiro atoms. The van der Waals surface area contributed by atoms with Crippen LogP contribution in [0.5, 0.6) is 35.3 Å². The molecule has 30 heteroatoms. The smallest absolute Gasteiger partial charge is 0.245 e. The summed E-state index contributed by atoms with van der Waals surface area (Å²) >= 11 is 0. The van der Waals surface area contributed by atoms with Crippen molar-refractivity contribution in [1.82, 2.24) is 79.4 Å². The number of hydrogen-bond acceptors (Lipinski definition) is 26. The highest BCUT2D eigenvalue weighted by Gasteiger charge is 2.37. The second kappa shape index (κ2) is 24.7. The van der Waals surface area contributed by atoms with Gasteiger partial charge in [0, 0.05) is 50.1 Å². The summed E-state index contributed by atoms with van der Waals surface area (Å²) in [5.41, 5.74) is 2.30. The van der Waals surface area contributed by atoms with Gasteiger partial charge in [-0.15, -0.1) is 20.4 Å². The molecule has 8 heterocycles. The summed E-state index contributed by atoms with van der Waals surface area (Å²) in [5, 5.41) is 14.9. The molecule has 0 aliphatic heterocycles. The Kier molecular flexibility index (Phi) is 18.0. The Labute approximate surface area is 436 Å². The Balaban J connectivity index is 0.000000221. The highest BCUT2D eigenvalue weighted by atomic mass is 32.2. The lowest BCUT2D eigenvalue weighted by Crippen LogP contribution is -2.29. The second-order valence-electron chi connectivity index (χ2n) is 15.8. The third-order valence-corrected chi connectivity index (χ3v) is 15.6. The van der Waals surface area contributed by atoms with Crippen LogP contribution in [0.2, 0.25) is 0 Å². The lowest BCUT2D eigenvalue weighted by atomic mass is 10.2. The zero-order valence-electron chi connectivity index (χ0n) is 42.7. The Morgan fingerprint density at radius 2 is 0.829 bits per heavy atom. The molecule has 0 aliphatic rings. The molecule has 4 atom stereocenters. The van der Waals surface area contributed by atoms with Crippen LogP contribution in [0.3, 0.4) is 0 Å². The summed E-state index contributed by atoms with van der Waals surface area (Å²) in [6, 6.07) is 6.98. The molecule has 28 nitrogen and oxygen atoms in total. The summed E-state index contributed by atoms with van der Waals surface area (Å²) in [6.45, 7) is 3.07. The molecule has 0 fully saturated rings. The summed E-state index contributed by atoms with van der Waals surface area (Å²) < 4.78 is 101. The third kappa shape index (κ3) is 11.9. The summed E-state index contributed by atoms with van der Waals surface area (Å²) in [6.07, 6.45) is 12.7. The molecule has 76 heavy (non-hydrogen) atoms.